The lowest BCUT2D eigenvalue weighted by Gasteiger charge is -1.98. The van der Waals surface area contributed by atoms with Crippen molar-refractivity contribution in [2.45, 2.75) is 38.6 Å². The van der Waals surface area contributed by atoms with Gasteiger partial charge < -0.3 is 5.32 Å². The fraction of sp³-hybridized carbons (Fsp3) is 0.889. The molecule has 0 radical (unpaired) electrons. The maximum absolute atomic E-state index is 8.28. The Hall–Kier alpha value is -0.550. The van der Waals surface area contributed by atoms with Crippen molar-refractivity contribution in [2.75, 3.05) is 6.54 Å². The molecule has 1 saturated carbocycles. The van der Waals surface area contributed by atoms with E-state index in [0.29, 0.717) is 6.42 Å². The zero-order chi connectivity index (χ0) is 8.10. The Morgan fingerprint density at radius 2 is 2.45 bits per heavy atom. The van der Waals surface area contributed by atoms with E-state index in [9.17, 15) is 0 Å². The first-order valence-electron chi connectivity index (χ1n) is 4.48. The largest absolute Gasteiger partial charge is 0.313 e. The molecule has 0 aromatic carbocycles. The molecule has 1 aliphatic carbocycles. The molecule has 2 heteroatoms. The summed E-state index contributed by atoms with van der Waals surface area (Å²) < 4.78 is 0. The summed E-state index contributed by atoms with van der Waals surface area (Å²) in [6.07, 6.45) is 4.62. The number of hydrogen-bond donors (Lipinski definition) is 1. The van der Waals surface area contributed by atoms with Crippen molar-refractivity contribution in [3.8, 4) is 6.07 Å². The maximum Gasteiger partial charge on any atom is 0.0635 e. The van der Waals surface area contributed by atoms with Crippen molar-refractivity contribution in [3.63, 3.8) is 0 Å². The first-order valence-corrected chi connectivity index (χ1v) is 4.48. The summed E-state index contributed by atoms with van der Waals surface area (Å²) in [6, 6.07) is 2.87. The van der Waals surface area contributed by atoms with Crippen molar-refractivity contribution >= 4 is 0 Å². The molecule has 1 N–H and O–H groups in total. The lowest BCUT2D eigenvalue weighted by molar-refractivity contribution is 0.604. The van der Waals surface area contributed by atoms with Gasteiger partial charge in [0.15, 0.2) is 0 Å². The van der Waals surface area contributed by atoms with Crippen LogP contribution in [0.15, 0.2) is 0 Å². The summed E-state index contributed by atoms with van der Waals surface area (Å²) in [6.45, 7) is 3.10. The Bertz CT molecular complexity index is 148. The smallest absolute Gasteiger partial charge is 0.0635 e. The van der Waals surface area contributed by atoms with Gasteiger partial charge in [0.2, 0.25) is 0 Å². The quantitative estimate of drug-likeness (QED) is 0.608. The Balaban J connectivity index is 1.92. The second-order valence-corrected chi connectivity index (χ2v) is 3.25. The fourth-order valence-corrected chi connectivity index (χ4v) is 1.50. The first kappa shape index (κ1) is 8.55. The molecule has 62 valence electrons. The van der Waals surface area contributed by atoms with Crippen LogP contribution in [0.1, 0.15) is 32.6 Å². The minimum absolute atomic E-state index is 0.648. The predicted molar refractivity (Wildman–Crippen MR) is 45.0 cm³/mol. The van der Waals surface area contributed by atoms with Gasteiger partial charge in [-0.15, -0.1) is 0 Å². The van der Waals surface area contributed by atoms with Crippen molar-refractivity contribution in [2.24, 2.45) is 5.92 Å². The molecule has 1 aliphatic rings. The Morgan fingerprint density at radius 1 is 1.64 bits per heavy atom. The number of nitrogens with zero attached hydrogens (tertiary/aromatic N) is 1. The molecule has 0 heterocycles. The minimum atomic E-state index is 0.648. The monoisotopic (exact) mass is 152 g/mol. The summed E-state index contributed by atoms with van der Waals surface area (Å²) in [4.78, 5) is 0. The number of rotatable bonds is 5. The van der Waals surface area contributed by atoms with Gasteiger partial charge in [-0.1, -0.05) is 13.3 Å². The van der Waals surface area contributed by atoms with Crippen molar-refractivity contribution in [3.05, 3.63) is 0 Å². The number of hydrogen-bond acceptors (Lipinski definition) is 2. The average Bonchev–Trinajstić information content (AvgIpc) is 2.70. The second-order valence-electron chi connectivity index (χ2n) is 3.25. The predicted octanol–water partition coefficient (Wildman–Crippen LogP) is 1.68. The van der Waals surface area contributed by atoms with Gasteiger partial charge in [-0.3, -0.25) is 0 Å². The Kier molecular flexibility index (Phi) is 3.38. The van der Waals surface area contributed by atoms with E-state index in [1.54, 1.807) is 0 Å². The van der Waals surface area contributed by atoms with Gasteiger partial charge >= 0.3 is 0 Å². The highest BCUT2D eigenvalue weighted by Crippen LogP contribution is 2.34. The summed E-state index contributed by atoms with van der Waals surface area (Å²) >= 11 is 0. The number of nitrogens with one attached hydrogen (secondary N) is 1. The normalized spacial score (nSPS) is 28.0. The molecule has 0 saturated heterocycles. The van der Waals surface area contributed by atoms with E-state index in [-0.39, 0.29) is 0 Å². The fourth-order valence-electron chi connectivity index (χ4n) is 1.50. The molecule has 0 amide bonds. The molecular formula is C9H16N2. The van der Waals surface area contributed by atoms with Gasteiger partial charge in [0.05, 0.1) is 6.07 Å². The molecule has 0 aliphatic heterocycles. The van der Waals surface area contributed by atoms with Gasteiger partial charge in [0.1, 0.15) is 0 Å². The van der Waals surface area contributed by atoms with Gasteiger partial charge in [0, 0.05) is 19.0 Å². The van der Waals surface area contributed by atoms with Crippen LogP contribution in [0.5, 0.6) is 0 Å². The molecule has 2 atom stereocenters. The van der Waals surface area contributed by atoms with Crippen LogP contribution in [0, 0.1) is 17.2 Å². The molecule has 11 heavy (non-hydrogen) atoms. The van der Waals surface area contributed by atoms with Crippen LogP contribution in [-0.2, 0) is 0 Å². The van der Waals surface area contributed by atoms with Crippen molar-refractivity contribution in [1.82, 2.24) is 5.32 Å². The zero-order valence-electron chi connectivity index (χ0n) is 7.14. The molecular weight excluding hydrogens is 136 g/mol. The van der Waals surface area contributed by atoms with E-state index in [1.807, 2.05) is 0 Å². The highest BCUT2D eigenvalue weighted by molar-refractivity contribution is 4.92. The van der Waals surface area contributed by atoms with E-state index in [1.165, 1.54) is 19.3 Å². The van der Waals surface area contributed by atoms with E-state index >= 15 is 0 Å². The topological polar surface area (TPSA) is 35.8 Å². The third-order valence-electron chi connectivity index (χ3n) is 2.23. The third-order valence-corrected chi connectivity index (χ3v) is 2.23. The van der Waals surface area contributed by atoms with Crippen molar-refractivity contribution < 1.29 is 0 Å². The molecule has 0 spiro atoms. The SMILES string of the molecule is CCCC1CC1NCCC#N. The summed E-state index contributed by atoms with van der Waals surface area (Å²) in [5, 5.41) is 11.6. The van der Waals surface area contributed by atoms with Crippen LogP contribution in [0.25, 0.3) is 0 Å². The number of nitriles is 1. The lowest BCUT2D eigenvalue weighted by atomic mass is 10.2. The van der Waals surface area contributed by atoms with E-state index in [2.05, 4.69) is 18.3 Å². The van der Waals surface area contributed by atoms with E-state index < -0.39 is 0 Å². The minimum Gasteiger partial charge on any atom is -0.313 e. The van der Waals surface area contributed by atoms with Crippen LogP contribution >= 0.6 is 0 Å². The second kappa shape index (κ2) is 4.35. The zero-order valence-corrected chi connectivity index (χ0v) is 7.14. The third kappa shape index (κ3) is 2.90. The van der Waals surface area contributed by atoms with Crippen LogP contribution in [-0.4, -0.2) is 12.6 Å². The van der Waals surface area contributed by atoms with Crippen molar-refractivity contribution in [1.29, 1.82) is 5.26 Å². The van der Waals surface area contributed by atoms with Gasteiger partial charge in [0.25, 0.3) is 0 Å². The van der Waals surface area contributed by atoms with Gasteiger partial charge in [-0.05, 0) is 18.8 Å². The Labute approximate surface area is 68.6 Å². The molecule has 0 bridgehead atoms. The summed E-state index contributed by atoms with van der Waals surface area (Å²) in [7, 11) is 0. The molecule has 0 aromatic heterocycles. The van der Waals surface area contributed by atoms with Crippen LogP contribution in [0.4, 0.5) is 0 Å². The average molecular weight is 152 g/mol. The standard InChI is InChI=1S/C9H16N2/c1-2-4-8-7-9(8)11-6-3-5-10/h8-9,11H,2-4,6-7H2,1H3. The first-order chi connectivity index (χ1) is 5.38. The van der Waals surface area contributed by atoms with Crippen LogP contribution < -0.4 is 5.32 Å². The van der Waals surface area contributed by atoms with Crippen LogP contribution in [0.3, 0.4) is 0 Å². The Morgan fingerprint density at radius 3 is 3.09 bits per heavy atom. The van der Waals surface area contributed by atoms with Gasteiger partial charge in [-0.25, -0.2) is 0 Å². The highest BCUT2D eigenvalue weighted by atomic mass is 15.0. The van der Waals surface area contributed by atoms with Crippen LogP contribution in [0.2, 0.25) is 0 Å². The molecule has 1 rings (SSSR count). The summed E-state index contributed by atoms with van der Waals surface area (Å²) in [5.41, 5.74) is 0. The molecule has 2 nitrogen and oxygen atoms in total. The maximum atomic E-state index is 8.28. The van der Waals surface area contributed by atoms with E-state index in [4.69, 9.17) is 5.26 Å². The molecule has 2 unspecified atom stereocenters. The highest BCUT2D eigenvalue weighted by Gasteiger charge is 2.34. The van der Waals surface area contributed by atoms with E-state index in [0.717, 1.165) is 18.5 Å². The van der Waals surface area contributed by atoms with Gasteiger partial charge in [-0.2, -0.15) is 5.26 Å². The summed E-state index contributed by atoms with van der Waals surface area (Å²) in [5.74, 6) is 0.915. The lowest BCUT2D eigenvalue weighted by Crippen LogP contribution is -2.18. The molecule has 1 fully saturated rings. The molecule has 0 aromatic rings.